The summed E-state index contributed by atoms with van der Waals surface area (Å²) < 4.78 is 0. The lowest BCUT2D eigenvalue weighted by atomic mass is 10.0. The van der Waals surface area contributed by atoms with E-state index in [0.717, 1.165) is 25.6 Å². The van der Waals surface area contributed by atoms with Crippen molar-refractivity contribution < 1.29 is 4.79 Å². The Kier molecular flexibility index (Phi) is 2.89. The topological polar surface area (TPSA) is 32.3 Å². The first-order chi connectivity index (χ1) is 8.21. The number of amides is 1. The molecular weight excluding hydrogens is 212 g/mol. The average Bonchev–Trinajstić information content (AvgIpc) is 3.24. The second-order valence-electron chi connectivity index (χ2n) is 6.27. The highest BCUT2D eigenvalue weighted by atomic mass is 16.2. The van der Waals surface area contributed by atoms with Gasteiger partial charge in [0.25, 0.3) is 0 Å². The van der Waals surface area contributed by atoms with Gasteiger partial charge in [0.05, 0.1) is 6.04 Å². The van der Waals surface area contributed by atoms with Crippen LogP contribution in [0.1, 0.15) is 45.4 Å². The summed E-state index contributed by atoms with van der Waals surface area (Å²) in [5, 5.41) is 3.49. The van der Waals surface area contributed by atoms with E-state index < -0.39 is 0 Å². The second kappa shape index (κ2) is 4.27. The Hall–Kier alpha value is -0.570. The molecule has 3 heteroatoms. The molecule has 3 rings (SSSR count). The summed E-state index contributed by atoms with van der Waals surface area (Å²) in [6.45, 7) is 5.04. The van der Waals surface area contributed by atoms with Crippen LogP contribution in [-0.2, 0) is 4.79 Å². The first-order valence-corrected chi connectivity index (χ1v) is 7.23. The third kappa shape index (κ3) is 2.35. The first kappa shape index (κ1) is 11.5. The molecule has 0 radical (unpaired) electrons. The van der Waals surface area contributed by atoms with E-state index in [1.54, 1.807) is 0 Å². The van der Waals surface area contributed by atoms with Gasteiger partial charge in [-0.15, -0.1) is 0 Å². The Morgan fingerprint density at radius 2 is 2.00 bits per heavy atom. The molecule has 1 unspecified atom stereocenters. The van der Waals surface area contributed by atoms with Gasteiger partial charge in [-0.25, -0.2) is 0 Å². The minimum Gasteiger partial charge on any atom is -0.341 e. The van der Waals surface area contributed by atoms with Crippen molar-refractivity contribution in [2.45, 2.75) is 51.5 Å². The maximum absolute atomic E-state index is 12.1. The number of rotatable bonds is 5. The lowest BCUT2D eigenvalue weighted by molar-refractivity contribution is -0.132. The van der Waals surface area contributed by atoms with Crippen LogP contribution in [0.25, 0.3) is 0 Å². The Morgan fingerprint density at radius 3 is 2.53 bits per heavy atom. The molecule has 0 aromatic carbocycles. The zero-order valence-corrected chi connectivity index (χ0v) is 10.9. The molecule has 3 aliphatic rings. The molecule has 0 aromatic rings. The van der Waals surface area contributed by atoms with Crippen LogP contribution < -0.4 is 5.32 Å². The van der Waals surface area contributed by atoms with Gasteiger partial charge in [-0.3, -0.25) is 4.79 Å². The summed E-state index contributed by atoms with van der Waals surface area (Å²) in [7, 11) is 0. The fraction of sp³-hybridized carbons (Fsp3) is 0.929. The van der Waals surface area contributed by atoms with Gasteiger partial charge in [-0.2, -0.15) is 0 Å². The number of carbonyl (C=O) groups is 1. The summed E-state index contributed by atoms with van der Waals surface area (Å²) in [6.07, 6.45) is 7.99. The van der Waals surface area contributed by atoms with Crippen LogP contribution in [0, 0.1) is 11.3 Å². The molecule has 0 bridgehead atoms. The van der Waals surface area contributed by atoms with Crippen molar-refractivity contribution in [3.05, 3.63) is 0 Å². The van der Waals surface area contributed by atoms with Gasteiger partial charge in [0.2, 0.25) is 5.91 Å². The molecule has 1 amide bonds. The largest absolute Gasteiger partial charge is 0.341 e. The minimum absolute atomic E-state index is 0.0179. The normalized spacial score (nSPS) is 28.2. The number of hydrogen-bond donors (Lipinski definition) is 1. The predicted octanol–water partition coefficient (Wildman–Crippen LogP) is 1.78. The van der Waals surface area contributed by atoms with E-state index in [0.29, 0.717) is 11.3 Å². The van der Waals surface area contributed by atoms with E-state index in [1.165, 1.54) is 38.5 Å². The van der Waals surface area contributed by atoms with Gasteiger partial charge in [0.15, 0.2) is 0 Å². The van der Waals surface area contributed by atoms with Crippen molar-refractivity contribution in [2.75, 3.05) is 19.6 Å². The maximum Gasteiger partial charge on any atom is 0.239 e. The molecule has 17 heavy (non-hydrogen) atoms. The van der Waals surface area contributed by atoms with Gasteiger partial charge < -0.3 is 10.2 Å². The Labute approximate surface area is 104 Å². The highest BCUT2D eigenvalue weighted by Gasteiger charge is 2.53. The van der Waals surface area contributed by atoms with E-state index in [4.69, 9.17) is 0 Å². The van der Waals surface area contributed by atoms with Crippen LogP contribution in [0.4, 0.5) is 0 Å². The van der Waals surface area contributed by atoms with Gasteiger partial charge in [-0.05, 0) is 56.8 Å². The van der Waals surface area contributed by atoms with E-state index in [9.17, 15) is 4.79 Å². The lowest BCUT2D eigenvalue weighted by Gasteiger charge is -2.23. The monoisotopic (exact) mass is 236 g/mol. The number of carbonyl (C=O) groups excluding carboxylic acids is 1. The van der Waals surface area contributed by atoms with Gasteiger partial charge in [-0.1, -0.05) is 0 Å². The quantitative estimate of drug-likeness (QED) is 0.789. The molecule has 0 spiro atoms. The lowest BCUT2D eigenvalue weighted by Crippen LogP contribution is -2.45. The summed E-state index contributed by atoms with van der Waals surface area (Å²) in [5.41, 5.74) is 0.597. The number of hydrogen-bond acceptors (Lipinski definition) is 2. The van der Waals surface area contributed by atoms with Crippen molar-refractivity contribution in [2.24, 2.45) is 11.3 Å². The van der Waals surface area contributed by atoms with Crippen LogP contribution in [0.3, 0.4) is 0 Å². The van der Waals surface area contributed by atoms with Gasteiger partial charge in [0.1, 0.15) is 0 Å². The molecule has 96 valence electrons. The van der Waals surface area contributed by atoms with Crippen molar-refractivity contribution >= 4 is 5.91 Å². The van der Waals surface area contributed by atoms with Gasteiger partial charge in [0, 0.05) is 19.6 Å². The summed E-state index contributed by atoms with van der Waals surface area (Å²) in [5.74, 6) is 1.29. The molecule has 1 atom stereocenters. The summed E-state index contributed by atoms with van der Waals surface area (Å²) >= 11 is 0. The Balaban J connectivity index is 1.46. The first-order valence-electron chi connectivity index (χ1n) is 7.23. The molecule has 2 aliphatic carbocycles. The zero-order valence-electron chi connectivity index (χ0n) is 10.9. The highest BCUT2D eigenvalue weighted by Crippen LogP contribution is 2.60. The number of likely N-dealkylation sites (tertiary alicyclic amines) is 1. The summed E-state index contributed by atoms with van der Waals surface area (Å²) in [6, 6.07) is 0.0179. The number of nitrogens with zero attached hydrogens (tertiary/aromatic N) is 1. The van der Waals surface area contributed by atoms with Crippen LogP contribution in [0.2, 0.25) is 0 Å². The van der Waals surface area contributed by atoms with E-state index in [-0.39, 0.29) is 6.04 Å². The van der Waals surface area contributed by atoms with Gasteiger partial charge >= 0.3 is 0 Å². The SMILES string of the molecule is CC(NCC1(C2CC2)CC1)C(=O)N1CCCC1. The minimum atomic E-state index is 0.0179. The molecule has 2 saturated carbocycles. The molecule has 1 aliphatic heterocycles. The molecule has 0 aromatic heterocycles. The van der Waals surface area contributed by atoms with Crippen molar-refractivity contribution in [3.8, 4) is 0 Å². The third-order valence-electron chi connectivity index (χ3n) is 4.88. The maximum atomic E-state index is 12.1. The Morgan fingerprint density at radius 1 is 1.35 bits per heavy atom. The predicted molar refractivity (Wildman–Crippen MR) is 67.7 cm³/mol. The smallest absolute Gasteiger partial charge is 0.239 e. The van der Waals surface area contributed by atoms with E-state index in [1.807, 2.05) is 11.8 Å². The molecular formula is C14H24N2O. The molecule has 1 saturated heterocycles. The van der Waals surface area contributed by atoms with Crippen LogP contribution in [0.5, 0.6) is 0 Å². The Bertz CT molecular complexity index is 301. The second-order valence-corrected chi connectivity index (χ2v) is 6.27. The fourth-order valence-corrected chi connectivity index (χ4v) is 3.24. The van der Waals surface area contributed by atoms with Crippen LogP contribution in [0.15, 0.2) is 0 Å². The van der Waals surface area contributed by atoms with E-state index >= 15 is 0 Å². The third-order valence-corrected chi connectivity index (χ3v) is 4.88. The van der Waals surface area contributed by atoms with Crippen molar-refractivity contribution in [1.82, 2.24) is 10.2 Å². The molecule has 1 heterocycles. The molecule has 1 N–H and O–H groups in total. The van der Waals surface area contributed by atoms with Crippen molar-refractivity contribution in [3.63, 3.8) is 0 Å². The van der Waals surface area contributed by atoms with Crippen LogP contribution >= 0.6 is 0 Å². The fourth-order valence-electron chi connectivity index (χ4n) is 3.24. The summed E-state index contributed by atoms with van der Waals surface area (Å²) in [4.78, 5) is 14.2. The van der Waals surface area contributed by atoms with E-state index in [2.05, 4.69) is 5.32 Å². The number of nitrogens with one attached hydrogen (secondary N) is 1. The zero-order chi connectivity index (χ0) is 11.9. The molecule has 3 fully saturated rings. The van der Waals surface area contributed by atoms with Crippen LogP contribution in [-0.4, -0.2) is 36.5 Å². The van der Waals surface area contributed by atoms with Crippen molar-refractivity contribution in [1.29, 1.82) is 0 Å². The standard InChI is InChI=1S/C14H24N2O/c1-11(13(17)16-8-2-3-9-16)15-10-14(6-7-14)12-4-5-12/h11-12,15H,2-10H2,1H3. The molecule has 3 nitrogen and oxygen atoms in total. The highest BCUT2D eigenvalue weighted by molar-refractivity contribution is 5.81. The average molecular weight is 236 g/mol.